The molecule has 0 amide bonds. The molecule has 1 rings (SSSR count). The molecule has 0 atom stereocenters. The third kappa shape index (κ3) is 2.58. The van der Waals surface area contributed by atoms with E-state index in [0.717, 1.165) is 11.8 Å². The van der Waals surface area contributed by atoms with Crippen molar-refractivity contribution in [3.05, 3.63) is 35.9 Å². The van der Waals surface area contributed by atoms with E-state index >= 15 is 0 Å². The Balaban J connectivity index is 2.69. The van der Waals surface area contributed by atoms with Gasteiger partial charge in [-0.2, -0.15) is 0 Å². The summed E-state index contributed by atoms with van der Waals surface area (Å²) in [6.07, 6.45) is 4.80. The average Bonchev–Trinajstić information content (AvgIpc) is 2.05. The van der Waals surface area contributed by atoms with Gasteiger partial charge >= 0.3 is 0 Å². The summed E-state index contributed by atoms with van der Waals surface area (Å²) in [5, 5.41) is 9.07. The van der Waals surface area contributed by atoms with Crippen molar-refractivity contribution < 1.29 is 9.90 Å². The second-order valence-corrected chi connectivity index (χ2v) is 2.40. The molecule has 0 aliphatic rings. The highest BCUT2D eigenvalue weighted by molar-refractivity contribution is 5.58. The minimum absolute atomic E-state index is 0.239. The summed E-state index contributed by atoms with van der Waals surface area (Å²) in [5.41, 5.74) is 0.900. The first-order valence-electron chi connectivity index (χ1n) is 3.72. The van der Waals surface area contributed by atoms with Gasteiger partial charge in [0.15, 0.2) is 0 Å². The maximum atomic E-state index is 9.96. The smallest absolute Gasteiger partial charge is 0.123 e. The maximum absolute atomic E-state index is 9.96. The molecule has 62 valence electrons. The largest absolute Gasteiger partial charge is 0.508 e. The third-order valence-electron chi connectivity index (χ3n) is 1.41. The number of hydrogen-bond acceptors (Lipinski definition) is 2. The van der Waals surface area contributed by atoms with Crippen LogP contribution in [0.3, 0.4) is 0 Å². The molecule has 0 aliphatic heterocycles. The van der Waals surface area contributed by atoms with Crippen LogP contribution in [0.1, 0.15) is 12.0 Å². The summed E-state index contributed by atoms with van der Waals surface area (Å²) in [7, 11) is 0. The molecule has 0 aromatic heterocycles. The van der Waals surface area contributed by atoms with Gasteiger partial charge in [0.1, 0.15) is 12.0 Å². The molecule has 1 aromatic rings. The number of carbonyl (C=O) groups excluding carboxylic acids is 1. The van der Waals surface area contributed by atoms with Crippen LogP contribution in [0.2, 0.25) is 0 Å². The molecule has 0 heterocycles. The Bertz CT molecular complexity index is 290. The summed E-state index contributed by atoms with van der Waals surface area (Å²) < 4.78 is 0. The molecule has 0 fully saturated rings. The molecule has 0 radical (unpaired) electrons. The number of rotatable bonds is 3. The highest BCUT2D eigenvalue weighted by atomic mass is 16.3. The van der Waals surface area contributed by atoms with Gasteiger partial charge in [-0.25, -0.2) is 0 Å². The molecule has 1 aromatic carbocycles. The lowest BCUT2D eigenvalue weighted by Gasteiger charge is -1.93. The molecule has 1 N–H and O–H groups in total. The molecule has 2 heteroatoms. The van der Waals surface area contributed by atoms with Crippen LogP contribution in [0.25, 0.3) is 6.08 Å². The predicted molar refractivity (Wildman–Crippen MR) is 47.8 cm³/mol. The summed E-state index contributed by atoms with van der Waals surface area (Å²) >= 11 is 0. The van der Waals surface area contributed by atoms with E-state index in [1.165, 1.54) is 0 Å². The fourth-order valence-corrected chi connectivity index (χ4v) is 0.888. The van der Waals surface area contributed by atoms with Crippen LogP contribution >= 0.6 is 0 Å². The Hall–Kier alpha value is -1.57. The van der Waals surface area contributed by atoms with E-state index < -0.39 is 0 Å². The van der Waals surface area contributed by atoms with Gasteiger partial charge in [-0.15, -0.1) is 0 Å². The first-order valence-corrected chi connectivity index (χ1v) is 3.72. The number of aromatic hydroxyl groups is 1. The topological polar surface area (TPSA) is 37.3 Å². The lowest BCUT2D eigenvalue weighted by molar-refractivity contribution is -0.107. The number of hydrogen-bond donors (Lipinski definition) is 1. The van der Waals surface area contributed by atoms with Gasteiger partial charge in [0.25, 0.3) is 0 Å². The van der Waals surface area contributed by atoms with Gasteiger partial charge < -0.3 is 9.90 Å². The van der Waals surface area contributed by atoms with Crippen molar-refractivity contribution in [1.29, 1.82) is 0 Å². The highest BCUT2D eigenvalue weighted by Crippen LogP contribution is 2.11. The first-order chi connectivity index (χ1) is 5.83. The Morgan fingerprint density at radius 2 is 2.25 bits per heavy atom. The van der Waals surface area contributed by atoms with Crippen LogP contribution < -0.4 is 0 Å². The minimum atomic E-state index is 0.239. The summed E-state index contributed by atoms with van der Waals surface area (Å²) in [6.45, 7) is 0. The fourth-order valence-electron chi connectivity index (χ4n) is 0.888. The Labute approximate surface area is 71.2 Å². The van der Waals surface area contributed by atoms with Gasteiger partial charge in [-0.05, 0) is 17.7 Å². The predicted octanol–water partition coefficient (Wildman–Crippen LogP) is 1.99. The van der Waals surface area contributed by atoms with Gasteiger partial charge in [0, 0.05) is 6.42 Å². The lowest BCUT2D eigenvalue weighted by atomic mass is 10.2. The van der Waals surface area contributed by atoms with E-state index in [1.54, 1.807) is 30.4 Å². The normalized spacial score (nSPS) is 10.3. The SMILES string of the molecule is O=CC/C=C\c1cccc(O)c1. The average molecular weight is 162 g/mol. The van der Waals surface area contributed by atoms with Crippen molar-refractivity contribution >= 4 is 12.4 Å². The van der Waals surface area contributed by atoms with E-state index in [1.807, 2.05) is 6.07 Å². The number of benzene rings is 1. The molecule has 0 spiro atoms. The van der Waals surface area contributed by atoms with Crippen LogP contribution in [0.5, 0.6) is 5.75 Å². The molecular formula is C10H10O2. The van der Waals surface area contributed by atoms with Crippen LogP contribution in [-0.4, -0.2) is 11.4 Å². The van der Waals surface area contributed by atoms with Gasteiger partial charge in [-0.3, -0.25) is 0 Å². The maximum Gasteiger partial charge on any atom is 0.123 e. The van der Waals surface area contributed by atoms with E-state index in [-0.39, 0.29) is 5.75 Å². The van der Waals surface area contributed by atoms with Crippen LogP contribution in [0.15, 0.2) is 30.3 Å². The number of aldehydes is 1. The highest BCUT2D eigenvalue weighted by Gasteiger charge is 1.87. The first kappa shape index (κ1) is 8.53. The Kier molecular flexibility index (Phi) is 3.08. The zero-order chi connectivity index (χ0) is 8.81. The van der Waals surface area contributed by atoms with Gasteiger partial charge in [0.2, 0.25) is 0 Å². The van der Waals surface area contributed by atoms with E-state index in [0.29, 0.717) is 6.42 Å². The number of phenolic OH excluding ortho intramolecular Hbond substituents is 1. The molecule has 0 bridgehead atoms. The summed E-state index contributed by atoms with van der Waals surface area (Å²) in [4.78, 5) is 9.96. The standard InChI is InChI=1S/C10H10O2/c11-7-2-1-4-9-5-3-6-10(12)8-9/h1,3-8,12H,2H2/b4-1-. The van der Waals surface area contributed by atoms with Gasteiger partial charge in [-0.1, -0.05) is 24.3 Å². The zero-order valence-corrected chi connectivity index (χ0v) is 6.60. The number of phenols is 1. The van der Waals surface area contributed by atoms with Crippen molar-refractivity contribution in [2.45, 2.75) is 6.42 Å². The van der Waals surface area contributed by atoms with Crippen molar-refractivity contribution in [3.63, 3.8) is 0 Å². The van der Waals surface area contributed by atoms with Crippen LogP contribution in [0, 0.1) is 0 Å². The second-order valence-electron chi connectivity index (χ2n) is 2.40. The second kappa shape index (κ2) is 4.34. The van der Waals surface area contributed by atoms with Crippen molar-refractivity contribution in [2.75, 3.05) is 0 Å². The molecule has 0 saturated heterocycles. The summed E-state index contributed by atoms with van der Waals surface area (Å²) in [6, 6.07) is 6.87. The Morgan fingerprint density at radius 3 is 2.92 bits per heavy atom. The minimum Gasteiger partial charge on any atom is -0.508 e. The summed E-state index contributed by atoms with van der Waals surface area (Å²) in [5.74, 6) is 0.239. The van der Waals surface area contributed by atoms with Crippen LogP contribution in [-0.2, 0) is 4.79 Å². The molecule has 0 aliphatic carbocycles. The van der Waals surface area contributed by atoms with E-state index in [2.05, 4.69) is 0 Å². The van der Waals surface area contributed by atoms with E-state index in [9.17, 15) is 4.79 Å². The monoisotopic (exact) mass is 162 g/mol. The zero-order valence-electron chi connectivity index (χ0n) is 6.60. The Morgan fingerprint density at radius 1 is 1.42 bits per heavy atom. The molecule has 2 nitrogen and oxygen atoms in total. The van der Waals surface area contributed by atoms with Crippen LogP contribution in [0.4, 0.5) is 0 Å². The fraction of sp³-hybridized carbons (Fsp3) is 0.100. The molecule has 0 unspecified atom stereocenters. The molecular weight excluding hydrogens is 152 g/mol. The quantitative estimate of drug-likeness (QED) is 0.690. The van der Waals surface area contributed by atoms with Crippen molar-refractivity contribution in [2.24, 2.45) is 0 Å². The lowest BCUT2D eigenvalue weighted by Crippen LogP contribution is -1.71. The number of allylic oxidation sites excluding steroid dienone is 1. The third-order valence-corrected chi connectivity index (χ3v) is 1.41. The molecule has 0 saturated carbocycles. The number of carbonyl (C=O) groups is 1. The van der Waals surface area contributed by atoms with E-state index in [4.69, 9.17) is 5.11 Å². The van der Waals surface area contributed by atoms with Crippen molar-refractivity contribution in [1.82, 2.24) is 0 Å². The van der Waals surface area contributed by atoms with Crippen molar-refractivity contribution in [3.8, 4) is 5.75 Å². The molecule has 12 heavy (non-hydrogen) atoms. The van der Waals surface area contributed by atoms with Gasteiger partial charge in [0.05, 0.1) is 0 Å².